The number of anilines is 1. The van der Waals surface area contributed by atoms with Gasteiger partial charge < -0.3 is 16.0 Å². The fourth-order valence-corrected chi connectivity index (χ4v) is 2.41. The van der Waals surface area contributed by atoms with Gasteiger partial charge in [0, 0.05) is 11.2 Å². The lowest BCUT2D eigenvalue weighted by Crippen LogP contribution is -2.53. The molecule has 0 unspecified atom stereocenters. The molecule has 1 fully saturated rings. The number of benzene rings is 1. The second-order valence-corrected chi connectivity index (χ2v) is 5.83. The molecule has 2 amide bonds. The van der Waals surface area contributed by atoms with Crippen LogP contribution in [0.25, 0.3) is 0 Å². The van der Waals surface area contributed by atoms with E-state index in [1.165, 1.54) is 0 Å². The van der Waals surface area contributed by atoms with Crippen molar-refractivity contribution in [2.45, 2.75) is 25.3 Å². The van der Waals surface area contributed by atoms with Crippen molar-refractivity contribution in [3.63, 3.8) is 0 Å². The van der Waals surface area contributed by atoms with Gasteiger partial charge in [0.25, 0.3) is 0 Å². The minimum absolute atomic E-state index is 0.161. The van der Waals surface area contributed by atoms with Crippen LogP contribution in [0.1, 0.15) is 19.8 Å². The van der Waals surface area contributed by atoms with Crippen LogP contribution in [0.3, 0.4) is 0 Å². The minimum atomic E-state index is -0.220. The van der Waals surface area contributed by atoms with Gasteiger partial charge in [-0.2, -0.15) is 0 Å². The molecule has 2 rings (SSSR count). The van der Waals surface area contributed by atoms with Gasteiger partial charge in [-0.1, -0.05) is 23.2 Å². The SMILES string of the molecule is CC1(NC(=O)Nc2ccc(Cl)c(Cl)c2)CCNCC1. The van der Waals surface area contributed by atoms with Crippen LogP contribution in [0.2, 0.25) is 10.0 Å². The number of urea groups is 1. The maximum Gasteiger partial charge on any atom is 0.319 e. The molecule has 0 bridgehead atoms. The Balaban J connectivity index is 1.95. The Hall–Kier alpha value is -0.970. The molecular formula is C13H17Cl2N3O. The van der Waals surface area contributed by atoms with Crippen LogP contribution in [0.4, 0.5) is 10.5 Å². The van der Waals surface area contributed by atoms with Crippen molar-refractivity contribution in [3.8, 4) is 0 Å². The second-order valence-electron chi connectivity index (χ2n) is 5.02. The second kappa shape index (κ2) is 5.99. The zero-order valence-corrected chi connectivity index (χ0v) is 12.2. The predicted molar refractivity (Wildman–Crippen MR) is 79.1 cm³/mol. The number of hydrogen-bond donors (Lipinski definition) is 3. The summed E-state index contributed by atoms with van der Waals surface area (Å²) in [7, 11) is 0. The smallest absolute Gasteiger partial charge is 0.319 e. The molecule has 19 heavy (non-hydrogen) atoms. The van der Waals surface area contributed by atoms with Gasteiger partial charge in [0.05, 0.1) is 10.0 Å². The van der Waals surface area contributed by atoms with Crippen molar-refractivity contribution in [1.29, 1.82) is 0 Å². The molecule has 0 atom stereocenters. The molecule has 0 aromatic heterocycles. The molecule has 1 saturated heterocycles. The first-order valence-electron chi connectivity index (χ1n) is 6.23. The van der Waals surface area contributed by atoms with Crippen LogP contribution in [-0.4, -0.2) is 24.7 Å². The van der Waals surface area contributed by atoms with E-state index in [0.717, 1.165) is 25.9 Å². The van der Waals surface area contributed by atoms with Gasteiger partial charge in [-0.25, -0.2) is 4.79 Å². The fourth-order valence-electron chi connectivity index (χ4n) is 2.11. The van der Waals surface area contributed by atoms with Crippen molar-refractivity contribution < 1.29 is 4.79 Å². The lowest BCUT2D eigenvalue weighted by atomic mass is 9.91. The average molecular weight is 302 g/mol. The van der Waals surface area contributed by atoms with E-state index in [4.69, 9.17) is 23.2 Å². The summed E-state index contributed by atoms with van der Waals surface area (Å²) in [6.45, 7) is 3.90. The number of nitrogens with one attached hydrogen (secondary N) is 3. The normalized spacial score (nSPS) is 17.8. The lowest BCUT2D eigenvalue weighted by Gasteiger charge is -2.34. The molecule has 0 radical (unpaired) electrons. The lowest BCUT2D eigenvalue weighted by molar-refractivity contribution is 0.225. The molecule has 6 heteroatoms. The molecule has 1 aromatic rings. The summed E-state index contributed by atoms with van der Waals surface area (Å²) in [6, 6.07) is 4.79. The van der Waals surface area contributed by atoms with E-state index in [1.54, 1.807) is 18.2 Å². The van der Waals surface area contributed by atoms with Crippen LogP contribution in [0.15, 0.2) is 18.2 Å². The maximum absolute atomic E-state index is 12.0. The Morgan fingerprint density at radius 3 is 2.58 bits per heavy atom. The standard InChI is InChI=1S/C13H17Cl2N3O/c1-13(4-6-16-7-5-13)18-12(19)17-9-2-3-10(14)11(15)8-9/h2-3,8,16H,4-7H2,1H3,(H2,17,18,19). The highest BCUT2D eigenvalue weighted by atomic mass is 35.5. The number of carbonyl (C=O) groups excluding carboxylic acids is 1. The van der Waals surface area contributed by atoms with Gasteiger partial charge in [0.2, 0.25) is 0 Å². The van der Waals surface area contributed by atoms with E-state index in [2.05, 4.69) is 22.9 Å². The third-order valence-electron chi connectivity index (χ3n) is 3.30. The van der Waals surface area contributed by atoms with Gasteiger partial charge in [-0.15, -0.1) is 0 Å². The number of rotatable bonds is 2. The number of carbonyl (C=O) groups is 1. The molecule has 1 aromatic carbocycles. The largest absolute Gasteiger partial charge is 0.333 e. The summed E-state index contributed by atoms with van der Waals surface area (Å²) >= 11 is 11.7. The average Bonchev–Trinajstić information content (AvgIpc) is 2.34. The van der Waals surface area contributed by atoms with Crippen molar-refractivity contribution >= 4 is 34.9 Å². The van der Waals surface area contributed by atoms with Crippen LogP contribution in [-0.2, 0) is 0 Å². The summed E-state index contributed by atoms with van der Waals surface area (Å²) in [5.41, 5.74) is 0.468. The Morgan fingerprint density at radius 1 is 1.26 bits per heavy atom. The molecule has 1 aliphatic heterocycles. The van der Waals surface area contributed by atoms with Gasteiger partial charge in [-0.3, -0.25) is 0 Å². The highest BCUT2D eigenvalue weighted by Crippen LogP contribution is 2.25. The van der Waals surface area contributed by atoms with E-state index in [-0.39, 0.29) is 11.6 Å². The Morgan fingerprint density at radius 2 is 1.95 bits per heavy atom. The molecule has 1 heterocycles. The van der Waals surface area contributed by atoms with Gasteiger partial charge in [0.1, 0.15) is 0 Å². The summed E-state index contributed by atoms with van der Waals surface area (Å²) < 4.78 is 0. The molecule has 0 aliphatic carbocycles. The van der Waals surface area contributed by atoms with Crippen LogP contribution in [0, 0.1) is 0 Å². The quantitative estimate of drug-likeness (QED) is 0.785. The van der Waals surface area contributed by atoms with E-state index in [1.807, 2.05) is 0 Å². The molecule has 104 valence electrons. The van der Waals surface area contributed by atoms with Crippen LogP contribution in [0.5, 0.6) is 0 Å². The molecular weight excluding hydrogens is 285 g/mol. The van der Waals surface area contributed by atoms with Crippen molar-refractivity contribution in [1.82, 2.24) is 10.6 Å². The monoisotopic (exact) mass is 301 g/mol. The highest BCUT2D eigenvalue weighted by Gasteiger charge is 2.28. The van der Waals surface area contributed by atoms with E-state index in [0.29, 0.717) is 15.7 Å². The van der Waals surface area contributed by atoms with E-state index < -0.39 is 0 Å². The number of piperidine rings is 1. The van der Waals surface area contributed by atoms with Crippen molar-refractivity contribution in [2.24, 2.45) is 0 Å². The molecule has 3 N–H and O–H groups in total. The van der Waals surface area contributed by atoms with E-state index in [9.17, 15) is 4.79 Å². The fraction of sp³-hybridized carbons (Fsp3) is 0.462. The number of halogens is 2. The van der Waals surface area contributed by atoms with Gasteiger partial charge >= 0.3 is 6.03 Å². The minimum Gasteiger partial charge on any atom is -0.333 e. The topological polar surface area (TPSA) is 53.2 Å². The van der Waals surface area contributed by atoms with Crippen LogP contribution < -0.4 is 16.0 Å². The first-order chi connectivity index (χ1) is 8.98. The first kappa shape index (κ1) is 14.4. The highest BCUT2D eigenvalue weighted by molar-refractivity contribution is 6.42. The number of hydrogen-bond acceptors (Lipinski definition) is 2. The summed E-state index contributed by atoms with van der Waals surface area (Å²) in [5.74, 6) is 0. The Kier molecular flexibility index (Phi) is 4.55. The predicted octanol–water partition coefficient (Wildman–Crippen LogP) is 3.26. The summed E-state index contributed by atoms with van der Waals surface area (Å²) in [6.07, 6.45) is 1.84. The van der Waals surface area contributed by atoms with E-state index >= 15 is 0 Å². The third kappa shape index (κ3) is 4.00. The van der Waals surface area contributed by atoms with Crippen molar-refractivity contribution in [2.75, 3.05) is 18.4 Å². The Bertz CT molecular complexity index is 473. The zero-order valence-electron chi connectivity index (χ0n) is 10.7. The molecule has 0 spiro atoms. The first-order valence-corrected chi connectivity index (χ1v) is 6.99. The summed E-state index contributed by atoms with van der Waals surface area (Å²) in [5, 5.41) is 9.95. The Labute approximate surface area is 122 Å². The molecule has 1 aliphatic rings. The van der Waals surface area contributed by atoms with Gasteiger partial charge in [0.15, 0.2) is 0 Å². The zero-order chi connectivity index (χ0) is 13.9. The maximum atomic E-state index is 12.0. The molecule has 0 saturated carbocycles. The van der Waals surface area contributed by atoms with Gasteiger partial charge in [-0.05, 0) is 51.1 Å². The third-order valence-corrected chi connectivity index (χ3v) is 4.04. The van der Waals surface area contributed by atoms with Crippen LogP contribution >= 0.6 is 23.2 Å². The number of amides is 2. The van der Waals surface area contributed by atoms with Crippen molar-refractivity contribution in [3.05, 3.63) is 28.2 Å². The molecule has 4 nitrogen and oxygen atoms in total. The summed E-state index contributed by atoms with van der Waals surface area (Å²) in [4.78, 5) is 12.0.